The topological polar surface area (TPSA) is 50.4 Å². The van der Waals surface area contributed by atoms with E-state index in [9.17, 15) is 4.79 Å². The van der Waals surface area contributed by atoms with Crippen molar-refractivity contribution >= 4 is 11.6 Å². The van der Waals surface area contributed by atoms with Gasteiger partial charge >= 0.3 is 0 Å². The standard InChI is InChI=1S/C21H26N2O2/c1-5-19(17-9-7-6-8-10-17)22-23-21(24)14-25-20-13-16(4)11-12-18(20)15(2)3/h5-13,15,22H,14H2,1-4H3,(H,23,24)/b19-5+. The Kier molecular flexibility index (Phi) is 6.63. The van der Waals surface area contributed by atoms with Gasteiger partial charge < -0.3 is 4.74 Å². The van der Waals surface area contributed by atoms with E-state index in [0.717, 1.165) is 28.1 Å². The van der Waals surface area contributed by atoms with Gasteiger partial charge in [-0.2, -0.15) is 0 Å². The number of allylic oxidation sites excluding steroid dienone is 1. The van der Waals surface area contributed by atoms with Gasteiger partial charge in [0.05, 0.1) is 5.70 Å². The average molecular weight is 338 g/mol. The van der Waals surface area contributed by atoms with Gasteiger partial charge in [-0.25, -0.2) is 0 Å². The zero-order chi connectivity index (χ0) is 18.2. The van der Waals surface area contributed by atoms with E-state index in [-0.39, 0.29) is 12.5 Å². The SMILES string of the molecule is C/C=C(/NNC(=O)COc1cc(C)ccc1C(C)C)c1ccccc1. The molecule has 2 aromatic rings. The van der Waals surface area contributed by atoms with Crippen LogP contribution in [0.3, 0.4) is 0 Å². The molecule has 0 unspecified atom stereocenters. The molecule has 4 heteroatoms. The number of amides is 1. The van der Waals surface area contributed by atoms with Crippen molar-refractivity contribution in [2.75, 3.05) is 6.61 Å². The van der Waals surface area contributed by atoms with E-state index in [1.54, 1.807) is 0 Å². The minimum atomic E-state index is -0.230. The number of nitrogens with one attached hydrogen (secondary N) is 2. The minimum Gasteiger partial charge on any atom is -0.483 e. The molecular weight excluding hydrogens is 312 g/mol. The Morgan fingerprint density at radius 2 is 1.84 bits per heavy atom. The van der Waals surface area contributed by atoms with Crippen LogP contribution in [-0.4, -0.2) is 12.5 Å². The number of carbonyl (C=O) groups excluding carboxylic acids is 1. The Labute approximate surface area is 149 Å². The highest BCUT2D eigenvalue weighted by molar-refractivity contribution is 5.78. The van der Waals surface area contributed by atoms with Crippen molar-refractivity contribution < 1.29 is 9.53 Å². The second-order valence-electron chi connectivity index (χ2n) is 6.23. The molecule has 0 radical (unpaired) electrons. The summed E-state index contributed by atoms with van der Waals surface area (Å²) in [6.45, 7) is 8.10. The average Bonchev–Trinajstić information content (AvgIpc) is 2.61. The van der Waals surface area contributed by atoms with Crippen molar-refractivity contribution in [3.8, 4) is 5.75 Å². The summed E-state index contributed by atoms with van der Waals surface area (Å²) in [5.74, 6) is 0.871. The second-order valence-corrected chi connectivity index (χ2v) is 6.23. The molecule has 1 amide bonds. The first kappa shape index (κ1) is 18.6. The lowest BCUT2D eigenvalue weighted by Crippen LogP contribution is -2.39. The molecule has 0 saturated heterocycles. The van der Waals surface area contributed by atoms with Crippen LogP contribution in [0.5, 0.6) is 5.75 Å². The molecule has 0 atom stereocenters. The lowest BCUT2D eigenvalue weighted by Gasteiger charge is -2.16. The maximum absolute atomic E-state index is 12.1. The fraction of sp³-hybridized carbons (Fsp3) is 0.286. The summed E-state index contributed by atoms with van der Waals surface area (Å²) in [6.07, 6.45) is 1.91. The summed E-state index contributed by atoms with van der Waals surface area (Å²) in [7, 11) is 0. The number of benzene rings is 2. The molecule has 25 heavy (non-hydrogen) atoms. The third-order valence-electron chi connectivity index (χ3n) is 3.86. The number of rotatable bonds is 7. The third-order valence-corrected chi connectivity index (χ3v) is 3.86. The molecule has 0 bridgehead atoms. The number of ether oxygens (including phenoxy) is 1. The van der Waals surface area contributed by atoms with E-state index in [1.807, 2.05) is 56.3 Å². The molecule has 0 aromatic heterocycles. The predicted molar refractivity (Wildman–Crippen MR) is 102 cm³/mol. The van der Waals surface area contributed by atoms with Gasteiger partial charge in [-0.1, -0.05) is 62.4 Å². The van der Waals surface area contributed by atoms with E-state index in [0.29, 0.717) is 5.92 Å². The highest BCUT2D eigenvalue weighted by Crippen LogP contribution is 2.27. The lowest BCUT2D eigenvalue weighted by atomic mass is 10.0. The van der Waals surface area contributed by atoms with Crippen molar-refractivity contribution in [2.45, 2.75) is 33.6 Å². The van der Waals surface area contributed by atoms with E-state index in [1.165, 1.54) is 0 Å². The molecule has 0 heterocycles. The van der Waals surface area contributed by atoms with Gasteiger partial charge in [0.15, 0.2) is 6.61 Å². The fourth-order valence-corrected chi connectivity index (χ4v) is 2.49. The highest BCUT2D eigenvalue weighted by atomic mass is 16.5. The van der Waals surface area contributed by atoms with Crippen molar-refractivity contribution in [1.29, 1.82) is 0 Å². The lowest BCUT2D eigenvalue weighted by molar-refractivity contribution is -0.123. The number of aryl methyl sites for hydroxylation is 1. The van der Waals surface area contributed by atoms with Gasteiger partial charge in [-0.15, -0.1) is 0 Å². The molecule has 0 saturated carbocycles. The normalized spacial score (nSPS) is 11.3. The number of hydrazine groups is 1. The first-order chi connectivity index (χ1) is 12.0. The monoisotopic (exact) mass is 338 g/mol. The molecule has 2 rings (SSSR count). The number of carbonyl (C=O) groups is 1. The summed E-state index contributed by atoms with van der Waals surface area (Å²) in [6, 6.07) is 15.9. The molecular formula is C21H26N2O2. The first-order valence-electron chi connectivity index (χ1n) is 8.51. The zero-order valence-corrected chi connectivity index (χ0v) is 15.3. The minimum absolute atomic E-state index is 0.0397. The molecule has 0 aliphatic carbocycles. The second kappa shape index (κ2) is 8.92. The highest BCUT2D eigenvalue weighted by Gasteiger charge is 2.10. The molecule has 0 spiro atoms. The summed E-state index contributed by atoms with van der Waals surface area (Å²) in [5.41, 5.74) is 9.69. The van der Waals surface area contributed by atoms with Crippen LogP contribution in [0.1, 0.15) is 43.4 Å². The van der Waals surface area contributed by atoms with Crippen LogP contribution in [0.2, 0.25) is 0 Å². The molecule has 0 fully saturated rings. The molecule has 0 aliphatic heterocycles. The van der Waals surface area contributed by atoms with E-state index < -0.39 is 0 Å². The van der Waals surface area contributed by atoms with E-state index >= 15 is 0 Å². The maximum atomic E-state index is 12.1. The smallest absolute Gasteiger partial charge is 0.276 e. The van der Waals surface area contributed by atoms with Gasteiger partial charge in [0.2, 0.25) is 0 Å². The Morgan fingerprint density at radius 3 is 2.48 bits per heavy atom. The predicted octanol–water partition coefficient (Wildman–Crippen LogP) is 4.18. The van der Waals surface area contributed by atoms with E-state index in [2.05, 4.69) is 36.8 Å². The summed E-state index contributed by atoms with van der Waals surface area (Å²) < 4.78 is 5.74. The van der Waals surface area contributed by atoms with Gasteiger partial charge in [-0.05, 0) is 42.5 Å². The number of hydrogen-bond donors (Lipinski definition) is 2. The van der Waals surface area contributed by atoms with Crippen LogP contribution in [0.15, 0.2) is 54.6 Å². The maximum Gasteiger partial charge on any atom is 0.276 e. The van der Waals surface area contributed by atoms with Crippen LogP contribution < -0.4 is 15.6 Å². The van der Waals surface area contributed by atoms with Crippen LogP contribution in [0, 0.1) is 6.92 Å². The van der Waals surface area contributed by atoms with Crippen molar-refractivity contribution in [3.05, 3.63) is 71.3 Å². The Hall–Kier alpha value is -2.75. The summed E-state index contributed by atoms with van der Waals surface area (Å²) in [4.78, 5) is 12.1. The van der Waals surface area contributed by atoms with Gasteiger partial charge in [0.1, 0.15) is 5.75 Å². The molecule has 4 nitrogen and oxygen atoms in total. The quantitative estimate of drug-likeness (QED) is 0.745. The molecule has 132 valence electrons. The van der Waals surface area contributed by atoms with Crippen LogP contribution in [0.25, 0.3) is 5.70 Å². The van der Waals surface area contributed by atoms with Crippen molar-refractivity contribution in [1.82, 2.24) is 10.9 Å². The summed E-state index contributed by atoms with van der Waals surface area (Å²) >= 11 is 0. The van der Waals surface area contributed by atoms with Crippen LogP contribution in [-0.2, 0) is 4.79 Å². The number of hydrogen-bond acceptors (Lipinski definition) is 3. The van der Waals surface area contributed by atoms with Crippen LogP contribution in [0.4, 0.5) is 0 Å². The van der Waals surface area contributed by atoms with Gasteiger partial charge in [0, 0.05) is 0 Å². The Morgan fingerprint density at radius 1 is 1.12 bits per heavy atom. The zero-order valence-electron chi connectivity index (χ0n) is 15.3. The van der Waals surface area contributed by atoms with Crippen LogP contribution >= 0.6 is 0 Å². The Balaban J connectivity index is 1.92. The largest absolute Gasteiger partial charge is 0.483 e. The van der Waals surface area contributed by atoms with Crippen molar-refractivity contribution in [2.24, 2.45) is 0 Å². The summed E-state index contributed by atoms with van der Waals surface area (Å²) in [5, 5.41) is 0. The fourth-order valence-electron chi connectivity index (χ4n) is 2.49. The third kappa shape index (κ3) is 5.38. The molecule has 0 aliphatic rings. The van der Waals surface area contributed by atoms with Gasteiger partial charge in [0.25, 0.3) is 5.91 Å². The first-order valence-corrected chi connectivity index (χ1v) is 8.51. The molecule has 2 N–H and O–H groups in total. The van der Waals surface area contributed by atoms with E-state index in [4.69, 9.17) is 4.74 Å². The van der Waals surface area contributed by atoms with Crippen molar-refractivity contribution in [3.63, 3.8) is 0 Å². The molecule has 2 aromatic carbocycles. The van der Waals surface area contributed by atoms with Gasteiger partial charge in [-0.3, -0.25) is 15.6 Å². The Bertz CT molecular complexity index is 737.